The molecule has 5 nitrogen and oxygen atoms in total. The third kappa shape index (κ3) is 4.60. The van der Waals surface area contributed by atoms with Gasteiger partial charge in [-0.15, -0.1) is 0 Å². The van der Waals surface area contributed by atoms with Gasteiger partial charge in [0.15, 0.2) is 0 Å². The molecule has 2 aromatic carbocycles. The molecule has 0 aromatic heterocycles. The first-order chi connectivity index (χ1) is 10.6. The van der Waals surface area contributed by atoms with Gasteiger partial charge in [0, 0.05) is 16.7 Å². The van der Waals surface area contributed by atoms with Crippen LogP contribution in [0.5, 0.6) is 5.75 Å². The second-order valence-electron chi connectivity index (χ2n) is 4.50. The smallest absolute Gasteiger partial charge is 0.313 e. The summed E-state index contributed by atoms with van der Waals surface area (Å²) in [6, 6.07) is 14.3. The highest BCUT2D eigenvalue weighted by atomic mass is 79.9. The van der Waals surface area contributed by atoms with E-state index in [-0.39, 0.29) is 6.54 Å². The van der Waals surface area contributed by atoms with E-state index < -0.39 is 11.8 Å². The van der Waals surface area contributed by atoms with Crippen LogP contribution in [0.3, 0.4) is 0 Å². The van der Waals surface area contributed by atoms with E-state index >= 15 is 0 Å². The topological polar surface area (TPSA) is 67.4 Å². The fraction of sp³-hybridized carbons (Fsp3) is 0.125. The molecule has 2 amide bonds. The number of hydrogen-bond donors (Lipinski definition) is 2. The number of amides is 2. The lowest BCUT2D eigenvalue weighted by atomic mass is 10.2. The third-order valence-electron chi connectivity index (χ3n) is 2.90. The predicted octanol–water partition coefficient (Wildman–Crippen LogP) is 2.71. The summed E-state index contributed by atoms with van der Waals surface area (Å²) < 4.78 is 5.88. The van der Waals surface area contributed by atoms with Crippen molar-refractivity contribution in [2.45, 2.75) is 6.54 Å². The summed E-state index contributed by atoms with van der Waals surface area (Å²) in [5.41, 5.74) is 1.43. The Labute approximate surface area is 136 Å². The Morgan fingerprint density at radius 1 is 1.09 bits per heavy atom. The average molecular weight is 363 g/mol. The van der Waals surface area contributed by atoms with Crippen molar-refractivity contribution in [2.24, 2.45) is 0 Å². The molecule has 2 N–H and O–H groups in total. The maximum absolute atomic E-state index is 11.8. The van der Waals surface area contributed by atoms with E-state index in [0.717, 1.165) is 15.8 Å². The molecule has 0 heterocycles. The van der Waals surface area contributed by atoms with E-state index in [0.29, 0.717) is 5.69 Å². The normalized spacial score (nSPS) is 9.91. The summed E-state index contributed by atoms with van der Waals surface area (Å²) in [4.78, 5) is 23.6. The maximum atomic E-state index is 11.8. The van der Waals surface area contributed by atoms with Crippen molar-refractivity contribution in [1.29, 1.82) is 0 Å². The number of carbonyl (C=O) groups excluding carboxylic acids is 2. The standard InChI is InChI=1S/C16H15BrN2O3/c1-22-14-7-5-11(6-8-14)10-18-15(20)16(21)19-13-4-2-3-12(17)9-13/h2-9H,10H2,1H3,(H,18,20)(H,19,21). The second kappa shape index (κ2) is 7.61. The van der Waals surface area contributed by atoms with Crippen LogP contribution in [0.4, 0.5) is 5.69 Å². The molecule has 0 unspecified atom stereocenters. The lowest BCUT2D eigenvalue weighted by molar-refractivity contribution is -0.136. The zero-order valence-corrected chi connectivity index (χ0v) is 13.5. The molecule has 22 heavy (non-hydrogen) atoms. The highest BCUT2D eigenvalue weighted by Gasteiger charge is 2.13. The largest absolute Gasteiger partial charge is 0.497 e. The minimum Gasteiger partial charge on any atom is -0.497 e. The first-order valence-electron chi connectivity index (χ1n) is 6.56. The summed E-state index contributed by atoms with van der Waals surface area (Å²) in [6.45, 7) is 0.273. The Morgan fingerprint density at radius 2 is 1.82 bits per heavy atom. The number of ether oxygens (including phenoxy) is 1. The molecule has 0 spiro atoms. The van der Waals surface area contributed by atoms with Crippen molar-refractivity contribution in [2.75, 3.05) is 12.4 Å². The van der Waals surface area contributed by atoms with Crippen molar-refractivity contribution in [3.05, 3.63) is 58.6 Å². The van der Waals surface area contributed by atoms with Gasteiger partial charge < -0.3 is 15.4 Å². The highest BCUT2D eigenvalue weighted by molar-refractivity contribution is 9.10. The minimum atomic E-state index is -0.702. The molecule has 0 aliphatic carbocycles. The van der Waals surface area contributed by atoms with Gasteiger partial charge in [-0.2, -0.15) is 0 Å². The Kier molecular flexibility index (Phi) is 5.55. The first-order valence-corrected chi connectivity index (χ1v) is 7.35. The number of anilines is 1. The van der Waals surface area contributed by atoms with Gasteiger partial charge in [0.1, 0.15) is 5.75 Å². The zero-order valence-electron chi connectivity index (χ0n) is 11.9. The number of methoxy groups -OCH3 is 1. The van der Waals surface area contributed by atoms with Crippen molar-refractivity contribution >= 4 is 33.4 Å². The highest BCUT2D eigenvalue weighted by Crippen LogP contribution is 2.15. The van der Waals surface area contributed by atoms with Crippen LogP contribution in [0, 0.1) is 0 Å². The number of hydrogen-bond acceptors (Lipinski definition) is 3. The van der Waals surface area contributed by atoms with Crippen LogP contribution in [-0.2, 0) is 16.1 Å². The Bertz CT molecular complexity index is 671. The van der Waals surface area contributed by atoms with Crippen molar-refractivity contribution < 1.29 is 14.3 Å². The van der Waals surface area contributed by atoms with Gasteiger partial charge in [-0.1, -0.05) is 34.1 Å². The van der Waals surface area contributed by atoms with Crippen LogP contribution in [0.1, 0.15) is 5.56 Å². The lowest BCUT2D eigenvalue weighted by Crippen LogP contribution is -2.34. The van der Waals surface area contributed by atoms with E-state index in [1.165, 1.54) is 0 Å². The summed E-state index contributed by atoms with van der Waals surface area (Å²) in [6.07, 6.45) is 0. The second-order valence-corrected chi connectivity index (χ2v) is 5.41. The summed E-state index contributed by atoms with van der Waals surface area (Å²) >= 11 is 3.30. The molecule has 0 radical (unpaired) electrons. The van der Waals surface area contributed by atoms with Crippen molar-refractivity contribution in [3.63, 3.8) is 0 Å². The summed E-state index contributed by atoms with van der Waals surface area (Å²) in [5, 5.41) is 5.10. The molecule has 2 rings (SSSR count). The molecule has 2 aromatic rings. The molecule has 0 aliphatic rings. The van der Waals surface area contributed by atoms with Gasteiger partial charge in [-0.3, -0.25) is 9.59 Å². The van der Waals surface area contributed by atoms with Crippen molar-refractivity contribution in [1.82, 2.24) is 5.32 Å². The number of benzene rings is 2. The maximum Gasteiger partial charge on any atom is 0.313 e. The van der Waals surface area contributed by atoms with Gasteiger partial charge in [0.2, 0.25) is 0 Å². The monoisotopic (exact) mass is 362 g/mol. The first kappa shape index (κ1) is 16.0. The van der Waals surface area contributed by atoms with Crippen LogP contribution in [-0.4, -0.2) is 18.9 Å². The van der Waals surface area contributed by atoms with Crippen molar-refractivity contribution in [3.8, 4) is 5.75 Å². The molecule has 0 aliphatic heterocycles. The van der Waals surface area contributed by atoms with E-state index in [2.05, 4.69) is 26.6 Å². The molecule has 0 bridgehead atoms. The number of nitrogens with one attached hydrogen (secondary N) is 2. The Balaban J connectivity index is 1.87. The molecule has 0 atom stereocenters. The number of rotatable bonds is 4. The van der Waals surface area contributed by atoms with Crippen LogP contribution < -0.4 is 15.4 Å². The molecular weight excluding hydrogens is 348 g/mol. The summed E-state index contributed by atoms with van der Waals surface area (Å²) in [7, 11) is 1.59. The molecule has 0 fully saturated rings. The SMILES string of the molecule is COc1ccc(CNC(=O)C(=O)Nc2cccc(Br)c2)cc1. The number of carbonyl (C=O) groups is 2. The van der Waals surface area contributed by atoms with Gasteiger partial charge in [0.25, 0.3) is 0 Å². The Hall–Kier alpha value is -2.34. The molecule has 0 saturated carbocycles. The van der Waals surface area contributed by atoms with E-state index in [1.807, 2.05) is 18.2 Å². The molecule has 114 valence electrons. The van der Waals surface area contributed by atoms with Gasteiger partial charge >= 0.3 is 11.8 Å². The predicted molar refractivity (Wildman–Crippen MR) is 87.6 cm³/mol. The van der Waals surface area contributed by atoms with E-state index in [9.17, 15) is 9.59 Å². The van der Waals surface area contributed by atoms with Gasteiger partial charge in [-0.05, 0) is 35.9 Å². The molecular formula is C16H15BrN2O3. The quantitative estimate of drug-likeness (QED) is 0.821. The minimum absolute atomic E-state index is 0.273. The van der Waals surface area contributed by atoms with Crippen LogP contribution in [0.2, 0.25) is 0 Å². The van der Waals surface area contributed by atoms with Gasteiger partial charge in [0.05, 0.1) is 7.11 Å². The zero-order chi connectivity index (χ0) is 15.9. The third-order valence-corrected chi connectivity index (χ3v) is 3.39. The fourth-order valence-electron chi connectivity index (χ4n) is 1.76. The summed E-state index contributed by atoms with van der Waals surface area (Å²) in [5.74, 6) is -0.648. The number of halogens is 1. The Morgan fingerprint density at radius 3 is 2.45 bits per heavy atom. The lowest BCUT2D eigenvalue weighted by Gasteiger charge is -2.07. The fourth-order valence-corrected chi connectivity index (χ4v) is 2.16. The van der Waals surface area contributed by atoms with Crippen LogP contribution >= 0.6 is 15.9 Å². The van der Waals surface area contributed by atoms with E-state index in [1.54, 1.807) is 37.4 Å². The average Bonchev–Trinajstić information content (AvgIpc) is 2.53. The molecule has 0 saturated heterocycles. The van der Waals surface area contributed by atoms with E-state index in [4.69, 9.17) is 4.74 Å². The van der Waals surface area contributed by atoms with Gasteiger partial charge in [-0.25, -0.2) is 0 Å². The van der Waals surface area contributed by atoms with Crippen LogP contribution in [0.25, 0.3) is 0 Å². The molecule has 6 heteroatoms. The van der Waals surface area contributed by atoms with Crippen LogP contribution in [0.15, 0.2) is 53.0 Å².